The van der Waals surface area contributed by atoms with Crippen LogP contribution in [0.1, 0.15) is 184 Å². The molecule has 8 aromatic rings. The summed E-state index contributed by atoms with van der Waals surface area (Å²) in [4.78, 5) is 11.0. The Morgan fingerprint density at radius 1 is 0.329 bits per heavy atom. The van der Waals surface area contributed by atoms with Crippen molar-refractivity contribution >= 4 is 68.3 Å². The van der Waals surface area contributed by atoms with Crippen LogP contribution in [0.3, 0.4) is 0 Å². The molecule has 1 aromatic heterocycles. The molecule has 4 nitrogen and oxygen atoms in total. The van der Waals surface area contributed by atoms with Crippen LogP contribution in [0.5, 0.6) is 0 Å². The van der Waals surface area contributed by atoms with Gasteiger partial charge in [-0.2, -0.15) is 0 Å². The van der Waals surface area contributed by atoms with E-state index in [-0.39, 0.29) is 44.6 Å². The van der Waals surface area contributed by atoms with Gasteiger partial charge in [0.1, 0.15) is 5.82 Å². The summed E-state index contributed by atoms with van der Waals surface area (Å²) in [5.74, 6) is 0.937. The first-order valence-electron chi connectivity index (χ1n) is 28.1. The molecule has 0 unspecified atom stereocenters. The Balaban J connectivity index is 1.40. The number of benzene rings is 7. The molecule has 2 aliphatic rings. The molecule has 0 fully saturated rings. The molecule has 0 atom stereocenters. The van der Waals surface area contributed by atoms with Crippen LogP contribution < -0.4 is 26.2 Å². The van der Waals surface area contributed by atoms with Crippen LogP contribution in [-0.2, 0) is 37.9 Å². The third-order valence-electron chi connectivity index (χ3n) is 16.4. The van der Waals surface area contributed by atoms with Crippen molar-refractivity contribution in [2.45, 2.75) is 183 Å². The number of aromatic nitrogens is 2. The summed E-state index contributed by atoms with van der Waals surface area (Å²) in [6.07, 6.45) is 0. The third kappa shape index (κ3) is 9.42. The number of anilines is 6. The topological polar surface area (TPSA) is 24.3 Å². The van der Waals surface area contributed by atoms with Crippen molar-refractivity contribution in [3.05, 3.63) is 172 Å². The summed E-state index contributed by atoms with van der Waals surface area (Å²) in [6, 6.07) is 52.3. The molecule has 0 spiro atoms. The van der Waals surface area contributed by atoms with E-state index in [1.165, 1.54) is 89.5 Å². The first kappa shape index (κ1) is 53.1. The van der Waals surface area contributed by atoms with Gasteiger partial charge in [0.25, 0.3) is 6.71 Å². The van der Waals surface area contributed by atoms with E-state index < -0.39 is 0 Å². The summed E-state index contributed by atoms with van der Waals surface area (Å²) in [6.45, 7) is 49.2. The first-order chi connectivity index (χ1) is 35.1. The largest absolute Gasteiger partial charge is 0.311 e. The van der Waals surface area contributed by atoms with Crippen molar-refractivity contribution in [1.29, 1.82) is 0 Å². The van der Waals surface area contributed by atoms with Crippen molar-refractivity contribution < 1.29 is 0 Å². The fourth-order valence-corrected chi connectivity index (χ4v) is 11.4. The highest BCUT2D eigenvalue weighted by Crippen LogP contribution is 2.50. The van der Waals surface area contributed by atoms with Gasteiger partial charge < -0.3 is 9.80 Å². The van der Waals surface area contributed by atoms with Gasteiger partial charge in [0, 0.05) is 45.4 Å². The van der Waals surface area contributed by atoms with Gasteiger partial charge in [-0.15, -0.1) is 0 Å². The molecule has 5 heteroatoms. The highest BCUT2D eigenvalue weighted by Gasteiger charge is 2.46. The fraction of sp³-hybridized carbons (Fsp3) is 0.394. The van der Waals surface area contributed by atoms with Crippen LogP contribution in [0, 0.1) is 0 Å². The van der Waals surface area contributed by atoms with Gasteiger partial charge >= 0.3 is 0 Å². The summed E-state index contributed by atoms with van der Waals surface area (Å²) in [7, 11) is 0. The average molecular weight is 1010 g/mol. The molecule has 0 saturated heterocycles. The number of hydrogen-bond donors (Lipinski definition) is 0. The number of fused-ring (bicyclic) bond motifs is 5. The molecule has 2 aliphatic heterocycles. The Bertz CT molecular complexity index is 3500. The zero-order valence-electron chi connectivity index (χ0n) is 50.1. The van der Waals surface area contributed by atoms with Crippen molar-refractivity contribution in [1.82, 2.24) is 9.55 Å². The molecule has 392 valence electrons. The Morgan fingerprint density at radius 3 is 1.18 bits per heavy atom. The normalized spacial score (nSPS) is 14.3. The lowest BCUT2D eigenvalue weighted by atomic mass is 9.33. The van der Waals surface area contributed by atoms with Gasteiger partial charge in [-0.1, -0.05) is 212 Å². The second-order valence-electron chi connectivity index (χ2n) is 29.7. The highest BCUT2D eigenvalue weighted by atomic mass is 15.2. The number of imidazole rings is 1. The molecular weight excluding hydrogens is 920 g/mol. The lowest BCUT2D eigenvalue weighted by Gasteiger charge is -2.46. The van der Waals surface area contributed by atoms with Crippen LogP contribution in [-0.4, -0.2) is 16.3 Å². The van der Waals surface area contributed by atoms with Crippen molar-refractivity contribution in [3.8, 4) is 17.1 Å². The third-order valence-corrected chi connectivity index (χ3v) is 16.4. The Labute approximate surface area is 458 Å². The summed E-state index contributed by atoms with van der Waals surface area (Å²) in [5, 5.41) is 0. The smallest absolute Gasteiger partial charge is 0.252 e. The zero-order valence-corrected chi connectivity index (χ0v) is 50.1. The molecule has 0 amide bonds. The van der Waals surface area contributed by atoms with Gasteiger partial charge in [0.05, 0.1) is 11.0 Å². The molecule has 0 radical (unpaired) electrons. The number of nitrogens with zero attached hydrogens (tertiary/aromatic N) is 4. The molecule has 76 heavy (non-hydrogen) atoms. The summed E-state index contributed by atoms with van der Waals surface area (Å²) < 4.78 is 2.41. The van der Waals surface area contributed by atoms with E-state index in [4.69, 9.17) is 4.98 Å². The summed E-state index contributed by atoms with van der Waals surface area (Å²) >= 11 is 0. The number of rotatable bonds is 4. The van der Waals surface area contributed by atoms with Crippen molar-refractivity contribution in [2.24, 2.45) is 0 Å². The van der Waals surface area contributed by atoms with E-state index in [0.29, 0.717) is 0 Å². The van der Waals surface area contributed by atoms with Crippen LogP contribution in [0.15, 0.2) is 133 Å². The average Bonchev–Trinajstić information content (AvgIpc) is 3.70. The minimum atomic E-state index is -0.168. The minimum absolute atomic E-state index is 0.0292. The number of hydrogen-bond acceptors (Lipinski definition) is 3. The maximum absolute atomic E-state index is 5.72. The van der Waals surface area contributed by atoms with Crippen molar-refractivity contribution in [3.63, 3.8) is 0 Å². The van der Waals surface area contributed by atoms with Crippen LogP contribution >= 0.6 is 0 Å². The van der Waals surface area contributed by atoms with Gasteiger partial charge in [-0.3, -0.25) is 4.57 Å². The van der Waals surface area contributed by atoms with E-state index >= 15 is 0 Å². The van der Waals surface area contributed by atoms with E-state index in [0.717, 1.165) is 28.1 Å². The minimum Gasteiger partial charge on any atom is -0.311 e. The molecule has 0 N–H and O–H groups in total. The van der Waals surface area contributed by atoms with Crippen LogP contribution in [0.2, 0.25) is 0 Å². The van der Waals surface area contributed by atoms with E-state index in [9.17, 15) is 0 Å². The van der Waals surface area contributed by atoms with Crippen LogP contribution in [0.4, 0.5) is 34.1 Å². The molecule has 0 saturated carbocycles. The second-order valence-corrected chi connectivity index (χ2v) is 29.7. The Morgan fingerprint density at radius 2 is 0.737 bits per heavy atom. The van der Waals surface area contributed by atoms with Gasteiger partial charge in [-0.25, -0.2) is 4.98 Å². The molecule has 0 bridgehead atoms. The fourth-order valence-electron chi connectivity index (χ4n) is 11.4. The second kappa shape index (κ2) is 17.6. The SMILES string of the molecule is CC(C)(C)c1ccc(-c2nc3cc4c(cc3n2-c2ccccc2)B2c3cc(C(C)(C)C)ccc3N(c3cc(C(C)(C)C)cc(C(C)(C)C)c3)c3cc(C(C)(C)C)cc(c32)N4c2cc(C(C)(C)C)cc(C(C)(C)C)c2)cc1. The lowest BCUT2D eigenvalue weighted by Crippen LogP contribution is -2.61. The van der Waals surface area contributed by atoms with E-state index in [1.54, 1.807) is 0 Å². The standard InChI is InChI=1S/C71H85BN4/c1-65(2,3)45-29-27-44(28-30-45)64-73-57-43-59-56(42-60(57)76(64)52-25-23-22-24-26-52)72-55-39-46(66(4,5)6)31-32-58(55)74(53-35-47(67(7,8)9)33-48(36-53)68(10,11)12)61-40-51(71(19,20)21)41-62(63(61)72)75(59)54-37-49(69(13,14)15)34-50(38-54)70(16,17)18/h22-43H,1-21H3. The molecule has 3 heterocycles. The maximum Gasteiger partial charge on any atom is 0.252 e. The van der Waals surface area contributed by atoms with Gasteiger partial charge in [0.15, 0.2) is 0 Å². The molecule has 10 rings (SSSR count). The van der Waals surface area contributed by atoms with E-state index in [2.05, 4.69) is 293 Å². The molecule has 0 aliphatic carbocycles. The quantitative estimate of drug-likeness (QED) is 0.164. The van der Waals surface area contributed by atoms with Gasteiger partial charge in [-0.05, 0) is 160 Å². The predicted molar refractivity (Wildman–Crippen MR) is 331 cm³/mol. The van der Waals surface area contributed by atoms with Crippen molar-refractivity contribution in [2.75, 3.05) is 9.80 Å². The highest BCUT2D eigenvalue weighted by molar-refractivity contribution is 7.00. The van der Waals surface area contributed by atoms with E-state index in [1.807, 2.05) is 0 Å². The predicted octanol–water partition coefficient (Wildman–Crippen LogP) is 17.9. The molecular formula is C71H85BN4. The monoisotopic (exact) mass is 1000 g/mol. The summed E-state index contributed by atoms with van der Waals surface area (Å²) in [5.41, 5.74) is 24.1. The maximum atomic E-state index is 5.72. The first-order valence-corrected chi connectivity index (χ1v) is 28.1. The Kier molecular flexibility index (Phi) is 12.3. The lowest BCUT2D eigenvalue weighted by molar-refractivity contribution is 0.568. The van der Waals surface area contributed by atoms with Crippen LogP contribution in [0.25, 0.3) is 28.1 Å². The molecule has 7 aromatic carbocycles. The number of para-hydroxylation sites is 1. The zero-order chi connectivity index (χ0) is 55.2. The van der Waals surface area contributed by atoms with Gasteiger partial charge in [0.2, 0.25) is 0 Å². The Hall–Kier alpha value is -6.33.